The molecule has 1 amide bonds. The van der Waals surface area contributed by atoms with Crippen molar-refractivity contribution in [2.45, 2.75) is 13.0 Å². The normalized spacial score (nSPS) is 9.63. The lowest BCUT2D eigenvalue weighted by atomic mass is 10.1. The van der Waals surface area contributed by atoms with Crippen LogP contribution in [0.15, 0.2) is 24.3 Å². The Labute approximate surface area is 119 Å². The van der Waals surface area contributed by atoms with Gasteiger partial charge in [-0.2, -0.15) is 11.8 Å². The number of hydrogen-bond donors (Lipinski definition) is 1. The molecule has 0 aliphatic carbocycles. The molecule has 0 atom stereocenters. The fourth-order valence-corrected chi connectivity index (χ4v) is 2.02. The van der Waals surface area contributed by atoms with Gasteiger partial charge in [-0.3, -0.25) is 4.79 Å². The predicted molar refractivity (Wildman–Crippen MR) is 81.8 cm³/mol. The fraction of sp³-hybridized carbons (Fsp3) is 0.400. The molecule has 19 heavy (non-hydrogen) atoms. The lowest BCUT2D eigenvalue weighted by Gasteiger charge is -2.17. The van der Waals surface area contributed by atoms with Gasteiger partial charge in [-0.25, -0.2) is 0 Å². The monoisotopic (exact) mass is 276 g/mol. The Kier molecular flexibility index (Phi) is 7.09. The SMILES string of the molecule is CSCCC(=O)N(C)Cc1cccc(C#CCN)c1. The van der Waals surface area contributed by atoms with Crippen LogP contribution in [0.3, 0.4) is 0 Å². The highest BCUT2D eigenvalue weighted by atomic mass is 32.2. The number of nitrogens with two attached hydrogens (primary N) is 1. The molecule has 102 valence electrons. The summed E-state index contributed by atoms with van der Waals surface area (Å²) in [5.74, 6) is 6.87. The third-order valence-electron chi connectivity index (χ3n) is 2.63. The minimum Gasteiger partial charge on any atom is -0.341 e. The molecule has 3 nitrogen and oxygen atoms in total. The maximum atomic E-state index is 11.8. The second-order valence-corrected chi connectivity index (χ2v) is 5.18. The van der Waals surface area contributed by atoms with E-state index >= 15 is 0 Å². The average Bonchev–Trinajstić information content (AvgIpc) is 2.42. The standard InChI is InChI=1S/C15H20N2OS/c1-17(15(18)8-10-19-2)12-14-6-3-5-13(11-14)7-4-9-16/h3,5-6,11H,8-10,12,16H2,1-2H3. The molecule has 0 aliphatic heterocycles. The Morgan fingerprint density at radius 2 is 2.26 bits per heavy atom. The van der Waals surface area contributed by atoms with E-state index in [1.54, 1.807) is 16.7 Å². The molecule has 4 heteroatoms. The number of hydrogen-bond acceptors (Lipinski definition) is 3. The van der Waals surface area contributed by atoms with Crippen molar-refractivity contribution in [3.05, 3.63) is 35.4 Å². The highest BCUT2D eigenvalue weighted by Crippen LogP contribution is 2.08. The first-order valence-electron chi connectivity index (χ1n) is 6.18. The predicted octanol–water partition coefficient (Wildman–Crippen LogP) is 1.71. The molecular weight excluding hydrogens is 256 g/mol. The maximum absolute atomic E-state index is 11.8. The molecule has 0 fully saturated rings. The summed E-state index contributed by atoms with van der Waals surface area (Å²) in [5.41, 5.74) is 7.38. The molecule has 0 aromatic heterocycles. The summed E-state index contributed by atoms with van der Waals surface area (Å²) in [5, 5.41) is 0. The first-order chi connectivity index (χ1) is 9.17. The van der Waals surface area contributed by atoms with Crippen molar-refractivity contribution in [1.29, 1.82) is 0 Å². The van der Waals surface area contributed by atoms with E-state index in [-0.39, 0.29) is 5.91 Å². The Bertz CT molecular complexity index is 477. The van der Waals surface area contributed by atoms with Crippen LogP contribution in [0.4, 0.5) is 0 Å². The van der Waals surface area contributed by atoms with E-state index in [0.717, 1.165) is 16.9 Å². The van der Waals surface area contributed by atoms with Crippen LogP contribution in [0.1, 0.15) is 17.5 Å². The van der Waals surface area contributed by atoms with Gasteiger partial charge in [-0.05, 0) is 24.0 Å². The summed E-state index contributed by atoms with van der Waals surface area (Å²) >= 11 is 1.69. The molecule has 0 radical (unpaired) electrons. The summed E-state index contributed by atoms with van der Waals surface area (Å²) in [4.78, 5) is 13.6. The minimum atomic E-state index is 0.174. The summed E-state index contributed by atoms with van der Waals surface area (Å²) in [6, 6.07) is 7.91. The maximum Gasteiger partial charge on any atom is 0.223 e. The molecule has 0 bridgehead atoms. The van der Waals surface area contributed by atoms with E-state index in [0.29, 0.717) is 19.5 Å². The number of thioether (sulfide) groups is 1. The van der Waals surface area contributed by atoms with Gasteiger partial charge in [-0.1, -0.05) is 24.0 Å². The van der Waals surface area contributed by atoms with Gasteiger partial charge in [0.05, 0.1) is 6.54 Å². The van der Waals surface area contributed by atoms with Crippen LogP contribution in [0.5, 0.6) is 0 Å². The quantitative estimate of drug-likeness (QED) is 0.833. The number of rotatable bonds is 5. The largest absolute Gasteiger partial charge is 0.341 e. The van der Waals surface area contributed by atoms with Crippen LogP contribution in [0, 0.1) is 11.8 Å². The number of carbonyl (C=O) groups is 1. The minimum absolute atomic E-state index is 0.174. The van der Waals surface area contributed by atoms with Crippen LogP contribution < -0.4 is 5.73 Å². The van der Waals surface area contributed by atoms with Crippen LogP contribution >= 0.6 is 11.8 Å². The van der Waals surface area contributed by atoms with Gasteiger partial charge in [0.2, 0.25) is 5.91 Å². The van der Waals surface area contributed by atoms with Crippen LogP contribution in [-0.4, -0.2) is 36.4 Å². The molecule has 1 aromatic carbocycles. The van der Waals surface area contributed by atoms with Gasteiger partial charge < -0.3 is 10.6 Å². The smallest absolute Gasteiger partial charge is 0.223 e. The Morgan fingerprint density at radius 3 is 2.95 bits per heavy atom. The highest BCUT2D eigenvalue weighted by Gasteiger charge is 2.08. The van der Waals surface area contributed by atoms with Crippen molar-refractivity contribution >= 4 is 17.7 Å². The summed E-state index contributed by atoms with van der Waals surface area (Å²) in [6.45, 7) is 0.975. The van der Waals surface area contributed by atoms with E-state index < -0.39 is 0 Å². The third-order valence-corrected chi connectivity index (χ3v) is 3.24. The van der Waals surface area contributed by atoms with Crippen LogP contribution in [0.25, 0.3) is 0 Å². The summed E-state index contributed by atoms with van der Waals surface area (Å²) in [6.07, 6.45) is 2.59. The zero-order chi connectivity index (χ0) is 14.1. The van der Waals surface area contributed by atoms with Crippen molar-refractivity contribution in [2.24, 2.45) is 5.73 Å². The topological polar surface area (TPSA) is 46.3 Å². The number of amides is 1. The number of benzene rings is 1. The molecule has 0 spiro atoms. The molecule has 0 saturated carbocycles. The molecular formula is C15H20N2OS. The van der Waals surface area contributed by atoms with E-state index in [1.165, 1.54) is 0 Å². The van der Waals surface area contributed by atoms with Crippen LogP contribution in [0.2, 0.25) is 0 Å². The number of nitrogens with zero attached hydrogens (tertiary/aromatic N) is 1. The molecule has 1 aromatic rings. The Hall–Kier alpha value is -1.44. The van der Waals surface area contributed by atoms with E-state index in [2.05, 4.69) is 11.8 Å². The van der Waals surface area contributed by atoms with Crippen LogP contribution in [-0.2, 0) is 11.3 Å². The lowest BCUT2D eigenvalue weighted by Crippen LogP contribution is -2.26. The molecule has 0 saturated heterocycles. The lowest BCUT2D eigenvalue weighted by molar-refractivity contribution is -0.129. The third kappa shape index (κ3) is 5.82. The van der Waals surface area contributed by atoms with Crippen molar-refractivity contribution in [3.8, 4) is 11.8 Å². The number of carbonyl (C=O) groups excluding carboxylic acids is 1. The molecule has 1 rings (SSSR count). The van der Waals surface area contributed by atoms with Gasteiger partial charge >= 0.3 is 0 Å². The molecule has 0 heterocycles. The zero-order valence-corrected chi connectivity index (χ0v) is 12.3. The zero-order valence-electron chi connectivity index (χ0n) is 11.5. The van der Waals surface area contributed by atoms with Crippen molar-refractivity contribution in [1.82, 2.24) is 4.90 Å². The van der Waals surface area contributed by atoms with E-state index in [4.69, 9.17) is 5.73 Å². The van der Waals surface area contributed by atoms with Crippen molar-refractivity contribution in [2.75, 3.05) is 25.6 Å². The van der Waals surface area contributed by atoms with Crippen molar-refractivity contribution in [3.63, 3.8) is 0 Å². The Balaban J connectivity index is 2.63. The Morgan fingerprint density at radius 1 is 1.47 bits per heavy atom. The highest BCUT2D eigenvalue weighted by molar-refractivity contribution is 7.98. The molecule has 2 N–H and O–H groups in total. The van der Waals surface area contributed by atoms with Gasteiger partial charge in [0, 0.05) is 31.3 Å². The van der Waals surface area contributed by atoms with Gasteiger partial charge in [0.15, 0.2) is 0 Å². The van der Waals surface area contributed by atoms with E-state index in [1.807, 2.05) is 37.6 Å². The molecule has 0 aliphatic rings. The second-order valence-electron chi connectivity index (χ2n) is 4.20. The van der Waals surface area contributed by atoms with E-state index in [9.17, 15) is 4.79 Å². The fourth-order valence-electron chi connectivity index (χ4n) is 1.64. The summed E-state index contributed by atoms with van der Waals surface area (Å²) < 4.78 is 0. The van der Waals surface area contributed by atoms with Crippen molar-refractivity contribution < 1.29 is 4.79 Å². The average molecular weight is 276 g/mol. The second kappa shape index (κ2) is 8.63. The van der Waals surface area contributed by atoms with Gasteiger partial charge in [-0.15, -0.1) is 0 Å². The molecule has 0 unspecified atom stereocenters. The first-order valence-corrected chi connectivity index (χ1v) is 7.57. The van der Waals surface area contributed by atoms with Gasteiger partial charge in [0.25, 0.3) is 0 Å². The first kappa shape index (κ1) is 15.6. The summed E-state index contributed by atoms with van der Waals surface area (Å²) in [7, 11) is 1.83. The van der Waals surface area contributed by atoms with Gasteiger partial charge in [0.1, 0.15) is 0 Å².